The molecule has 0 amide bonds. The molecule has 1 aromatic carbocycles. The van der Waals surface area contributed by atoms with E-state index in [-0.39, 0.29) is 0 Å². The SMILES string of the molecule is CC1=C(C)C(=Nc2ccccc2)C(O)C=C1. The molecule has 0 radical (unpaired) electrons. The van der Waals surface area contributed by atoms with Crippen LogP contribution in [-0.2, 0) is 0 Å². The Morgan fingerprint density at radius 3 is 2.50 bits per heavy atom. The van der Waals surface area contributed by atoms with Crippen molar-refractivity contribution < 1.29 is 5.11 Å². The molecule has 0 fully saturated rings. The van der Waals surface area contributed by atoms with Crippen molar-refractivity contribution in [2.45, 2.75) is 20.0 Å². The number of nitrogens with zero attached hydrogens (tertiary/aromatic N) is 1. The Morgan fingerprint density at radius 1 is 1.12 bits per heavy atom. The summed E-state index contributed by atoms with van der Waals surface area (Å²) in [7, 11) is 0. The third-order valence-corrected chi connectivity index (χ3v) is 2.79. The van der Waals surface area contributed by atoms with Crippen LogP contribution in [0.15, 0.2) is 58.6 Å². The van der Waals surface area contributed by atoms with E-state index in [1.807, 2.05) is 50.3 Å². The Bertz CT molecular complexity index is 469. The second kappa shape index (κ2) is 4.45. The first-order chi connectivity index (χ1) is 7.68. The third-order valence-electron chi connectivity index (χ3n) is 2.79. The van der Waals surface area contributed by atoms with Crippen molar-refractivity contribution in [2.75, 3.05) is 0 Å². The van der Waals surface area contributed by atoms with E-state index in [4.69, 9.17) is 0 Å². The lowest BCUT2D eigenvalue weighted by Gasteiger charge is -2.17. The third kappa shape index (κ3) is 2.12. The predicted octanol–water partition coefficient (Wildman–Crippen LogP) is 3.03. The van der Waals surface area contributed by atoms with Crippen LogP contribution in [0.4, 0.5) is 5.69 Å². The van der Waals surface area contributed by atoms with E-state index in [1.54, 1.807) is 6.08 Å². The summed E-state index contributed by atoms with van der Waals surface area (Å²) in [6, 6.07) is 9.70. The number of aliphatic imine (C=N–C) groups is 1. The van der Waals surface area contributed by atoms with Crippen LogP contribution in [0.1, 0.15) is 13.8 Å². The fourth-order valence-electron chi connectivity index (χ4n) is 1.67. The fraction of sp³-hybridized carbons (Fsp3) is 0.214. The largest absolute Gasteiger partial charge is 0.383 e. The maximum atomic E-state index is 9.87. The van der Waals surface area contributed by atoms with Gasteiger partial charge in [-0.3, -0.25) is 4.99 Å². The van der Waals surface area contributed by atoms with Gasteiger partial charge in [-0.2, -0.15) is 0 Å². The van der Waals surface area contributed by atoms with E-state index in [1.165, 1.54) is 0 Å². The molecule has 82 valence electrons. The highest BCUT2D eigenvalue weighted by atomic mass is 16.3. The summed E-state index contributed by atoms with van der Waals surface area (Å²) in [4.78, 5) is 4.49. The zero-order valence-corrected chi connectivity index (χ0v) is 9.51. The summed E-state index contributed by atoms with van der Waals surface area (Å²) in [5, 5.41) is 9.87. The average Bonchev–Trinajstić information content (AvgIpc) is 2.31. The molecule has 0 heterocycles. The molecule has 16 heavy (non-hydrogen) atoms. The highest BCUT2D eigenvalue weighted by molar-refractivity contribution is 6.07. The quantitative estimate of drug-likeness (QED) is 0.764. The molecule has 2 heteroatoms. The number of benzene rings is 1. The standard InChI is InChI=1S/C14H15NO/c1-10-8-9-13(16)14(11(10)2)15-12-6-4-3-5-7-12/h3-9,13,16H,1-2H3. The Kier molecular flexibility index (Phi) is 3.02. The van der Waals surface area contributed by atoms with E-state index in [9.17, 15) is 5.11 Å². The maximum Gasteiger partial charge on any atom is 0.115 e. The first-order valence-electron chi connectivity index (χ1n) is 5.36. The van der Waals surface area contributed by atoms with Crippen LogP contribution in [0.2, 0.25) is 0 Å². The van der Waals surface area contributed by atoms with Crippen LogP contribution in [0.3, 0.4) is 0 Å². The fourth-order valence-corrected chi connectivity index (χ4v) is 1.67. The minimum Gasteiger partial charge on any atom is -0.383 e. The molecule has 1 atom stereocenters. The monoisotopic (exact) mass is 213 g/mol. The van der Waals surface area contributed by atoms with Gasteiger partial charge >= 0.3 is 0 Å². The van der Waals surface area contributed by atoms with Crippen LogP contribution >= 0.6 is 0 Å². The van der Waals surface area contributed by atoms with E-state index in [2.05, 4.69) is 4.99 Å². The molecule has 1 aliphatic carbocycles. The van der Waals surface area contributed by atoms with Crippen LogP contribution in [0, 0.1) is 0 Å². The first-order valence-corrected chi connectivity index (χ1v) is 5.36. The van der Waals surface area contributed by atoms with Gasteiger partial charge < -0.3 is 5.11 Å². The number of aliphatic hydroxyl groups is 1. The smallest absolute Gasteiger partial charge is 0.115 e. The van der Waals surface area contributed by atoms with Gasteiger partial charge in [-0.25, -0.2) is 0 Å². The van der Waals surface area contributed by atoms with E-state index < -0.39 is 6.10 Å². The second-order valence-corrected chi connectivity index (χ2v) is 3.94. The molecule has 1 unspecified atom stereocenters. The zero-order valence-electron chi connectivity index (χ0n) is 9.51. The number of allylic oxidation sites excluding steroid dienone is 2. The molecule has 0 saturated heterocycles. The minimum atomic E-state index is -0.594. The Labute approximate surface area is 95.7 Å². The van der Waals surface area contributed by atoms with Gasteiger partial charge in [-0.05, 0) is 43.2 Å². The molecule has 1 aliphatic rings. The lowest BCUT2D eigenvalue weighted by Crippen LogP contribution is -2.22. The molecule has 1 aromatic rings. The highest BCUT2D eigenvalue weighted by Gasteiger charge is 2.16. The summed E-state index contributed by atoms with van der Waals surface area (Å²) in [5.74, 6) is 0. The maximum absolute atomic E-state index is 9.87. The molecule has 2 nitrogen and oxygen atoms in total. The van der Waals surface area contributed by atoms with Gasteiger partial charge in [0.05, 0.1) is 11.4 Å². The molecule has 1 N–H and O–H groups in total. The summed E-state index contributed by atoms with van der Waals surface area (Å²) in [6.45, 7) is 4.02. The van der Waals surface area contributed by atoms with Crippen molar-refractivity contribution in [1.82, 2.24) is 0 Å². The van der Waals surface area contributed by atoms with Crippen LogP contribution in [0.5, 0.6) is 0 Å². The number of para-hydroxylation sites is 1. The van der Waals surface area contributed by atoms with Gasteiger partial charge in [-0.15, -0.1) is 0 Å². The molecule has 0 saturated carbocycles. The first kappa shape index (κ1) is 10.8. The van der Waals surface area contributed by atoms with Gasteiger partial charge in [0, 0.05) is 0 Å². The van der Waals surface area contributed by atoms with Gasteiger partial charge in [0.25, 0.3) is 0 Å². The normalized spacial score (nSPS) is 22.9. The Balaban J connectivity index is 2.41. The van der Waals surface area contributed by atoms with E-state index in [0.717, 1.165) is 22.5 Å². The number of hydrogen-bond donors (Lipinski definition) is 1. The minimum absolute atomic E-state index is 0.594. The van der Waals surface area contributed by atoms with Crippen LogP contribution in [-0.4, -0.2) is 16.9 Å². The number of aliphatic hydroxyl groups excluding tert-OH is 1. The van der Waals surface area contributed by atoms with Crippen molar-refractivity contribution in [1.29, 1.82) is 0 Å². The van der Waals surface area contributed by atoms with Gasteiger partial charge in [0.15, 0.2) is 0 Å². The molecular weight excluding hydrogens is 198 g/mol. The van der Waals surface area contributed by atoms with Gasteiger partial charge in [0.2, 0.25) is 0 Å². The molecular formula is C14H15NO. The van der Waals surface area contributed by atoms with Crippen molar-refractivity contribution >= 4 is 11.4 Å². The summed E-state index contributed by atoms with van der Waals surface area (Å²) in [6.07, 6.45) is 3.11. The van der Waals surface area contributed by atoms with Gasteiger partial charge in [0.1, 0.15) is 6.10 Å². The Hall–Kier alpha value is -1.67. The summed E-state index contributed by atoms with van der Waals surface area (Å²) >= 11 is 0. The topological polar surface area (TPSA) is 32.6 Å². The Morgan fingerprint density at radius 2 is 1.81 bits per heavy atom. The zero-order chi connectivity index (χ0) is 11.5. The highest BCUT2D eigenvalue weighted by Crippen LogP contribution is 2.20. The molecule has 2 rings (SSSR count). The van der Waals surface area contributed by atoms with Crippen molar-refractivity contribution in [3.8, 4) is 0 Å². The molecule has 0 aliphatic heterocycles. The summed E-state index contributed by atoms with van der Waals surface area (Å²) < 4.78 is 0. The lowest BCUT2D eigenvalue weighted by molar-refractivity contribution is 0.288. The molecule has 0 aromatic heterocycles. The van der Waals surface area contributed by atoms with Crippen LogP contribution in [0.25, 0.3) is 0 Å². The second-order valence-electron chi connectivity index (χ2n) is 3.94. The van der Waals surface area contributed by atoms with Crippen LogP contribution < -0.4 is 0 Å². The summed E-state index contributed by atoms with van der Waals surface area (Å²) in [5.41, 5.74) is 3.82. The number of hydrogen-bond acceptors (Lipinski definition) is 2. The molecule has 0 bridgehead atoms. The lowest BCUT2D eigenvalue weighted by atomic mass is 9.96. The van der Waals surface area contributed by atoms with E-state index >= 15 is 0 Å². The van der Waals surface area contributed by atoms with Crippen molar-refractivity contribution in [3.05, 3.63) is 53.6 Å². The van der Waals surface area contributed by atoms with E-state index in [0.29, 0.717) is 0 Å². The average molecular weight is 213 g/mol. The predicted molar refractivity (Wildman–Crippen MR) is 67.1 cm³/mol. The van der Waals surface area contributed by atoms with Crippen molar-refractivity contribution in [2.24, 2.45) is 4.99 Å². The number of rotatable bonds is 1. The van der Waals surface area contributed by atoms with Crippen molar-refractivity contribution in [3.63, 3.8) is 0 Å². The van der Waals surface area contributed by atoms with Gasteiger partial charge in [-0.1, -0.05) is 24.3 Å². The molecule has 0 spiro atoms.